The number of carbonyl (C=O) groups is 2. The van der Waals surface area contributed by atoms with E-state index in [4.69, 9.17) is 9.47 Å². The van der Waals surface area contributed by atoms with E-state index >= 15 is 0 Å². The molecule has 0 heterocycles. The van der Waals surface area contributed by atoms with E-state index in [0.29, 0.717) is 6.61 Å². The van der Waals surface area contributed by atoms with E-state index in [1.165, 1.54) is 44.9 Å². The first-order valence-corrected chi connectivity index (χ1v) is 12.4. The minimum Gasteiger partial charge on any atom is -0.462 e. The first kappa shape index (κ1) is 25.4. The molecule has 2 aromatic rings. The maximum absolute atomic E-state index is 12.5. The Hall–Kier alpha value is -1.89. The van der Waals surface area contributed by atoms with Gasteiger partial charge < -0.3 is 9.47 Å². The summed E-state index contributed by atoms with van der Waals surface area (Å²) in [6.07, 6.45) is 10.9. The lowest BCUT2D eigenvalue weighted by Crippen LogP contribution is -2.14. The fraction of sp³-hybridized carbons (Fsp3) is 0.462. The second kappa shape index (κ2) is 15.0. The van der Waals surface area contributed by atoms with Crippen LogP contribution in [-0.2, 0) is 16.1 Å². The number of hydrogen-bond donors (Lipinski definition) is 0. The van der Waals surface area contributed by atoms with E-state index in [1.54, 1.807) is 24.3 Å². The maximum Gasteiger partial charge on any atom is 0.339 e. The van der Waals surface area contributed by atoms with Crippen molar-refractivity contribution in [3.63, 3.8) is 0 Å². The van der Waals surface area contributed by atoms with Gasteiger partial charge in [-0.15, -0.1) is 0 Å². The van der Waals surface area contributed by atoms with Gasteiger partial charge >= 0.3 is 11.9 Å². The molecule has 2 rings (SSSR count). The lowest BCUT2D eigenvalue weighted by atomic mass is 10.1. The summed E-state index contributed by atoms with van der Waals surface area (Å²) in [5.74, 6) is -0.990. The van der Waals surface area contributed by atoms with Crippen molar-refractivity contribution in [3.8, 4) is 0 Å². The van der Waals surface area contributed by atoms with Crippen LogP contribution in [0.4, 0.5) is 0 Å². The number of unbranched alkanes of at least 4 members (excludes halogenated alkanes) is 8. The minimum absolute atomic E-state index is 0.164. The van der Waals surface area contributed by atoms with Crippen LogP contribution in [0, 0.1) is 3.57 Å². The van der Waals surface area contributed by atoms with Crippen molar-refractivity contribution < 1.29 is 19.1 Å². The molecule has 0 N–H and O–H groups in total. The quantitative estimate of drug-likeness (QED) is 0.144. The van der Waals surface area contributed by atoms with Crippen LogP contribution in [-0.4, -0.2) is 18.5 Å². The van der Waals surface area contributed by atoms with Gasteiger partial charge in [0.1, 0.15) is 6.61 Å². The van der Waals surface area contributed by atoms with Crippen LogP contribution < -0.4 is 0 Å². The van der Waals surface area contributed by atoms with Crippen molar-refractivity contribution in [2.24, 2.45) is 0 Å². The van der Waals surface area contributed by atoms with E-state index in [1.807, 2.05) is 24.3 Å². The molecular formula is C26H33IO4. The third-order valence-corrected chi connectivity index (χ3v) is 5.78. The van der Waals surface area contributed by atoms with Crippen LogP contribution in [0.1, 0.15) is 91.0 Å². The molecule has 0 unspecified atom stereocenters. The van der Waals surface area contributed by atoms with Crippen molar-refractivity contribution in [2.45, 2.75) is 71.3 Å². The zero-order chi connectivity index (χ0) is 22.3. The molecule has 0 aromatic heterocycles. The number of benzene rings is 2. The highest BCUT2D eigenvalue weighted by molar-refractivity contribution is 14.1. The monoisotopic (exact) mass is 536 g/mol. The Balaban J connectivity index is 1.73. The zero-order valence-electron chi connectivity index (χ0n) is 18.4. The summed E-state index contributed by atoms with van der Waals surface area (Å²) < 4.78 is 11.9. The van der Waals surface area contributed by atoms with Crippen LogP contribution in [0.2, 0.25) is 0 Å². The second-order valence-electron chi connectivity index (χ2n) is 7.72. The van der Waals surface area contributed by atoms with Gasteiger partial charge in [0.05, 0.1) is 17.7 Å². The molecule has 0 aliphatic rings. The summed E-state index contributed by atoms with van der Waals surface area (Å²) in [5.41, 5.74) is 1.40. The molecule has 31 heavy (non-hydrogen) atoms. The Kier molecular flexibility index (Phi) is 12.3. The highest BCUT2D eigenvalue weighted by Crippen LogP contribution is 2.15. The average molecular weight is 536 g/mol. The Morgan fingerprint density at radius 3 is 1.94 bits per heavy atom. The van der Waals surface area contributed by atoms with Gasteiger partial charge in [-0.3, -0.25) is 0 Å². The second-order valence-corrected chi connectivity index (χ2v) is 8.96. The largest absolute Gasteiger partial charge is 0.462 e. The molecule has 2 aromatic carbocycles. The number of hydrogen-bond acceptors (Lipinski definition) is 4. The molecule has 168 valence electrons. The van der Waals surface area contributed by atoms with Crippen LogP contribution in [0.15, 0.2) is 48.5 Å². The van der Waals surface area contributed by atoms with E-state index in [9.17, 15) is 9.59 Å². The Labute approximate surface area is 199 Å². The minimum atomic E-state index is -0.519. The lowest BCUT2D eigenvalue weighted by molar-refractivity contribution is 0.0436. The van der Waals surface area contributed by atoms with Crippen LogP contribution in [0.25, 0.3) is 0 Å². The van der Waals surface area contributed by atoms with Gasteiger partial charge in [0.25, 0.3) is 0 Å². The van der Waals surface area contributed by atoms with E-state index in [-0.39, 0.29) is 17.7 Å². The summed E-state index contributed by atoms with van der Waals surface area (Å²) in [4.78, 5) is 25.0. The smallest absolute Gasteiger partial charge is 0.339 e. The number of esters is 2. The van der Waals surface area contributed by atoms with Crippen molar-refractivity contribution in [2.75, 3.05) is 6.61 Å². The van der Waals surface area contributed by atoms with Gasteiger partial charge in [0.2, 0.25) is 0 Å². The molecule has 0 saturated carbocycles. The van der Waals surface area contributed by atoms with Crippen LogP contribution in [0.5, 0.6) is 0 Å². The normalized spacial score (nSPS) is 10.6. The van der Waals surface area contributed by atoms with Crippen molar-refractivity contribution >= 4 is 34.5 Å². The Morgan fingerprint density at radius 1 is 0.742 bits per heavy atom. The highest BCUT2D eigenvalue weighted by atomic mass is 127. The van der Waals surface area contributed by atoms with Crippen molar-refractivity contribution in [3.05, 3.63) is 68.8 Å². The molecular weight excluding hydrogens is 503 g/mol. The highest BCUT2D eigenvalue weighted by Gasteiger charge is 2.19. The molecule has 0 atom stereocenters. The van der Waals surface area contributed by atoms with E-state index < -0.39 is 11.9 Å². The predicted molar refractivity (Wildman–Crippen MR) is 132 cm³/mol. The average Bonchev–Trinajstić information content (AvgIpc) is 2.78. The van der Waals surface area contributed by atoms with Gasteiger partial charge in [-0.05, 0) is 58.8 Å². The van der Waals surface area contributed by atoms with Gasteiger partial charge in [-0.2, -0.15) is 0 Å². The standard InChI is InChI=1S/C26H33IO4/c1-2-3-4-5-6-7-8-9-12-18-30-25(28)23-16-10-11-17-24(23)26(29)31-20-21-14-13-15-22(27)19-21/h10-11,13-17,19H,2-9,12,18,20H2,1H3. The third-order valence-electron chi connectivity index (χ3n) is 5.11. The Morgan fingerprint density at radius 2 is 1.32 bits per heavy atom. The third kappa shape index (κ3) is 9.85. The molecule has 0 bridgehead atoms. The summed E-state index contributed by atoms with van der Waals surface area (Å²) in [7, 11) is 0. The fourth-order valence-electron chi connectivity index (χ4n) is 3.35. The van der Waals surface area contributed by atoms with Crippen LogP contribution >= 0.6 is 22.6 Å². The molecule has 0 radical (unpaired) electrons. The Bertz CT molecular complexity index is 819. The van der Waals surface area contributed by atoms with E-state index in [0.717, 1.165) is 22.0 Å². The number of rotatable bonds is 14. The number of ether oxygens (including phenoxy) is 2. The number of halogens is 1. The van der Waals surface area contributed by atoms with Gasteiger partial charge in [-0.25, -0.2) is 9.59 Å². The molecule has 0 amide bonds. The molecule has 5 heteroatoms. The molecule has 0 aliphatic heterocycles. The molecule has 0 saturated heterocycles. The van der Waals surface area contributed by atoms with Crippen molar-refractivity contribution in [1.29, 1.82) is 0 Å². The molecule has 4 nitrogen and oxygen atoms in total. The van der Waals surface area contributed by atoms with Gasteiger partial charge in [-0.1, -0.05) is 82.6 Å². The van der Waals surface area contributed by atoms with Crippen molar-refractivity contribution in [1.82, 2.24) is 0 Å². The topological polar surface area (TPSA) is 52.6 Å². The summed E-state index contributed by atoms with van der Waals surface area (Å²) in [5, 5.41) is 0. The predicted octanol–water partition coefficient (Wildman–Crippen LogP) is 7.34. The van der Waals surface area contributed by atoms with Gasteiger partial charge in [0.15, 0.2) is 0 Å². The summed E-state index contributed by atoms with van der Waals surface area (Å²) in [6, 6.07) is 14.4. The first-order valence-electron chi connectivity index (χ1n) is 11.3. The first-order chi connectivity index (χ1) is 15.1. The van der Waals surface area contributed by atoms with Crippen LogP contribution in [0.3, 0.4) is 0 Å². The SMILES string of the molecule is CCCCCCCCCCCOC(=O)c1ccccc1C(=O)OCc1cccc(I)c1. The zero-order valence-corrected chi connectivity index (χ0v) is 20.6. The maximum atomic E-state index is 12.5. The fourth-order valence-corrected chi connectivity index (χ4v) is 3.96. The lowest BCUT2D eigenvalue weighted by Gasteiger charge is -2.10. The molecule has 0 aliphatic carbocycles. The molecule has 0 spiro atoms. The van der Waals surface area contributed by atoms with E-state index in [2.05, 4.69) is 29.5 Å². The molecule has 0 fully saturated rings. The summed E-state index contributed by atoms with van der Waals surface area (Å²) in [6.45, 7) is 2.77. The van der Waals surface area contributed by atoms with Gasteiger partial charge in [0, 0.05) is 3.57 Å². The number of carbonyl (C=O) groups excluding carboxylic acids is 2. The summed E-state index contributed by atoms with van der Waals surface area (Å²) >= 11 is 2.22.